The molecule has 21 heavy (non-hydrogen) atoms. The molecule has 0 bridgehead atoms. The van der Waals surface area contributed by atoms with Crippen LogP contribution in [0, 0.1) is 0 Å². The van der Waals surface area contributed by atoms with E-state index in [9.17, 15) is 14.5 Å². The van der Waals surface area contributed by atoms with Gasteiger partial charge < -0.3 is 9.66 Å². The molecule has 2 N–H and O–H groups in total. The van der Waals surface area contributed by atoms with Crippen LogP contribution in [0.25, 0.3) is 0 Å². The maximum atomic E-state index is 12.2. The average molecular weight is 332 g/mol. The molecule has 0 amide bonds. The highest BCUT2D eigenvalue weighted by atomic mass is 32.2. The average Bonchev–Trinajstić information content (AvgIpc) is 2.71. The Morgan fingerprint density at radius 2 is 1.86 bits per heavy atom. The van der Waals surface area contributed by atoms with Crippen LogP contribution in [-0.4, -0.2) is 20.4 Å². The fourth-order valence-electron chi connectivity index (χ4n) is 1.73. The summed E-state index contributed by atoms with van der Waals surface area (Å²) in [6.45, 7) is 13.6. The number of hydrogen-bond acceptors (Lipinski definition) is 4. The molecule has 2 atom stereocenters. The number of hydrogen-bond donors (Lipinski definition) is 2. The number of carbonyl (C=O) groups is 1. The Morgan fingerprint density at radius 3 is 2.19 bits per heavy atom. The summed E-state index contributed by atoms with van der Waals surface area (Å²) >= 11 is 0.0708. The highest BCUT2D eigenvalue weighted by Crippen LogP contribution is 2.35. The predicted molar refractivity (Wildman–Crippen MR) is 89.4 cm³/mol. The molecule has 0 radical (unpaired) electrons. The molecule has 0 fully saturated rings. The molecule has 120 valence electrons. The molecule has 4 nitrogen and oxygen atoms in total. The van der Waals surface area contributed by atoms with Crippen molar-refractivity contribution in [3.8, 4) is 0 Å². The summed E-state index contributed by atoms with van der Waals surface area (Å²) in [6, 6.07) is 1.77. The van der Waals surface area contributed by atoms with Gasteiger partial charge in [-0.05, 0) is 44.7 Å². The summed E-state index contributed by atoms with van der Waals surface area (Å²) in [5.74, 6) is -0.902. The van der Waals surface area contributed by atoms with Crippen molar-refractivity contribution in [2.75, 3.05) is 0 Å². The zero-order valence-corrected chi connectivity index (χ0v) is 15.4. The van der Waals surface area contributed by atoms with E-state index in [1.54, 1.807) is 0 Å². The molecule has 0 spiro atoms. The molecular formula is C15H25NO3S2. The molecule has 1 heterocycles. The summed E-state index contributed by atoms with van der Waals surface area (Å²) in [7, 11) is 0. The lowest BCUT2D eigenvalue weighted by Crippen LogP contribution is -2.40. The van der Waals surface area contributed by atoms with Gasteiger partial charge in [0.2, 0.25) is 0 Å². The van der Waals surface area contributed by atoms with Crippen LogP contribution >= 0.6 is 11.3 Å². The van der Waals surface area contributed by atoms with Gasteiger partial charge in [-0.3, -0.25) is 0 Å². The Hall–Kier alpha value is -0.560. The van der Waals surface area contributed by atoms with E-state index in [0.29, 0.717) is 4.88 Å². The quantitative estimate of drug-likeness (QED) is 0.822. The fourth-order valence-corrected chi connectivity index (χ4v) is 3.82. The monoisotopic (exact) mass is 331 g/mol. The summed E-state index contributed by atoms with van der Waals surface area (Å²) < 4.78 is 14.9. The number of thiophene rings is 1. The van der Waals surface area contributed by atoms with Crippen molar-refractivity contribution in [2.45, 2.75) is 64.7 Å². The van der Waals surface area contributed by atoms with E-state index >= 15 is 0 Å². The zero-order valence-electron chi connectivity index (χ0n) is 13.7. The van der Waals surface area contributed by atoms with Crippen molar-refractivity contribution in [3.63, 3.8) is 0 Å². The van der Waals surface area contributed by atoms with Crippen molar-refractivity contribution in [1.82, 2.24) is 4.72 Å². The van der Waals surface area contributed by atoms with Crippen LogP contribution in [0.4, 0.5) is 0 Å². The minimum Gasteiger partial charge on any atom is -0.598 e. The summed E-state index contributed by atoms with van der Waals surface area (Å²) in [5.41, 5.74) is 0.593. The lowest BCUT2D eigenvalue weighted by atomic mass is 9.87. The van der Waals surface area contributed by atoms with Crippen LogP contribution < -0.4 is 4.72 Å². The van der Waals surface area contributed by atoms with Gasteiger partial charge in [0.05, 0.1) is 6.04 Å². The van der Waals surface area contributed by atoms with E-state index in [-0.39, 0.29) is 16.2 Å². The van der Waals surface area contributed by atoms with E-state index in [0.717, 1.165) is 10.4 Å². The number of nitrogens with one attached hydrogen (secondary N) is 1. The highest BCUT2D eigenvalue weighted by molar-refractivity contribution is 7.90. The van der Waals surface area contributed by atoms with Gasteiger partial charge in [-0.25, -0.2) is 4.79 Å². The van der Waals surface area contributed by atoms with Crippen LogP contribution in [0.5, 0.6) is 0 Å². The van der Waals surface area contributed by atoms with Gasteiger partial charge in [0.1, 0.15) is 9.62 Å². The van der Waals surface area contributed by atoms with Crippen LogP contribution in [0.1, 0.15) is 74.6 Å². The van der Waals surface area contributed by atoms with Crippen molar-refractivity contribution >= 4 is 28.7 Å². The van der Waals surface area contributed by atoms with E-state index in [1.807, 2.05) is 54.5 Å². The number of carboxylic acid groups (broad SMARTS) is 1. The molecule has 0 unspecified atom stereocenters. The first-order chi connectivity index (χ1) is 9.34. The minimum atomic E-state index is -1.19. The molecule has 0 saturated carbocycles. The summed E-state index contributed by atoms with van der Waals surface area (Å²) in [6.07, 6.45) is 0. The third-order valence-corrected chi connectivity index (χ3v) is 6.01. The molecule has 0 aliphatic heterocycles. The van der Waals surface area contributed by atoms with Crippen LogP contribution in [0.15, 0.2) is 6.07 Å². The van der Waals surface area contributed by atoms with Crippen molar-refractivity contribution in [3.05, 3.63) is 21.4 Å². The standard InChI is InChI=1S/C15H25NO3S2/c1-9(16-21(19)15(5,6)7)11-8-10(14(2,3)4)12(20-11)13(17)18/h8-9,16H,1-7H3,(H,17,18)/t9-,21+/m1/s1. The van der Waals surface area contributed by atoms with Crippen molar-refractivity contribution < 1.29 is 14.5 Å². The van der Waals surface area contributed by atoms with Gasteiger partial charge in [0.25, 0.3) is 0 Å². The first-order valence-electron chi connectivity index (χ1n) is 6.89. The van der Waals surface area contributed by atoms with E-state index < -0.39 is 17.3 Å². The summed E-state index contributed by atoms with van der Waals surface area (Å²) in [4.78, 5) is 12.7. The van der Waals surface area contributed by atoms with E-state index in [4.69, 9.17) is 0 Å². The lowest BCUT2D eigenvalue weighted by molar-refractivity contribution is 0.0699. The van der Waals surface area contributed by atoms with E-state index in [2.05, 4.69) is 4.72 Å². The third kappa shape index (κ3) is 4.71. The van der Waals surface area contributed by atoms with Gasteiger partial charge in [0.15, 0.2) is 0 Å². The normalized spacial score (nSPS) is 15.8. The lowest BCUT2D eigenvalue weighted by Gasteiger charge is -2.26. The molecule has 1 aromatic rings. The topological polar surface area (TPSA) is 72.4 Å². The van der Waals surface area contributed by atoms with Gasteiger partial charge in [-0.1, -0.05) is 20.8 Å². The SMILES string of the molecule is C[C@@H](N[S@@+]([O-])C(C)(C)C)c1cc(C(C)(C)C)c(C(=O)O)s1. The van der Waals surface area contributed by atoms with Crippen molar-refractivity contribution in [1.29, 1.82) is 0 Å². The molecule has 1 aromatic heterocycles. The molecule has 0 aromatic carbocycles. The Bertz CT molecular complexity index is 512. The van der Waals surface area contributed by atoms with Crippen LogP contribution in [-0.2, 0) is 16.8 Å². The van der Waals surface area contributed by atoms with Crippen LogP contribution in [0.2, 0.25) is 0 Å². The second kappa shape index (κ2) is 6.28. The first kappa shape index (κ1) is 18.5. The molecule has 6 heteroatoms. The number of aromatic carboxylic acids is 1. The Morgan fingerprint density at radius 1 is 1.33 bits per heavy atom. The van der Waals surface area contributed by atoms with E-state index in [1.165, 1.54) is 11.3 Å². The largest absolute Gasteiger partial charge is 0.598 e. The Kier molecular flexibility index (Phi) is 5.53. The Balaban J connectivity index is 3.07. The van der Waals surface area contributed by atoms with Gasteiger partial charge in [-0.2, -0.15) is 0 Å². The molecular weight excluding hydrogens is 306 g/mol. The van der Waals surface area contributed by atoms with Gasteiger partial charge >= 0.3 is 5.97 Å². The predicted octanol–water partition coefficient (Wildman–Crippen LogP) is 3.86. The summed E-state index contributed by atoms with van der Waals surface area (Å²) in [5, 5.41) is 9.37. The molecule has 0 saturated heterocycles. The maximum absolute atomic E-state index is 12.2. The first-order valence-corrected chi connectivity index (χ1v) is 8.86. The minimum absolute atomic E-state index is 0.149. The second-order valence-corrected chi connectivity index (χ2v) is 10.2. The second-order valence-electron chi connectivity index (χ2n) is 7.17. The van der Waals surface area contributed by atoms with Gasteiger partial charge in [0, 0.05) is 16.2 Å². The van der Waals surface area contributed by atoms with Crippen molar-refractivity contribution in [2.24, 2.45) is 0 Å². The van der Waals surface area contributed by atoms with Gasteiger partial charge in [-0.15, -0.1) is 16.1 Å². The molecule has 1 rings (SSSR count). The number of rotatable bonds is 4. The highest BCUT2D eigenvalue weighted by Gasteiger charge is 2.31. The van der Waals surface area contributed by atoms with Crippen LogP contribution in [0.3, 0.4) is 0 Å². The Labute approximate surface area is 134 Å². The third-order valence-electron chi connectivity index (χ3n) is 3.02. The maximum Gasteiger partial charge on any atom is 0.346 e. The smallest absolute Gasteiger partial charge is 0.346 e. The molecule has 0 aliphatic rings. The zero-order chi connectivity index (χ0) is 16.6. The number of carboxylic acids is 1. The fraction of sp³-hybridized carbons (Fsp3) is 0.667. The molecule has 0 aliphatic carbocycles.